The number of pyridine rings is 1. The maximum absolute atomic E-state index is 12.6. The fourth-order valence-electron chi connectivity index (χ4n) is 5.41. The molecule has 0 unspecified atom stereocenters. The lowest BCUT2D eigenvalue weighted by Gasteiger charge is -2.54. The number of anilines is 1. The van der Waals surface area contributed by atoms with Crippen molar-refractivity contribution in [2.75, 3.05) is 11.9 Å². The fraction of sp³-hybridized carbons (Fsp3) is 0.667. The number of carbonyl (C=O) groups excluding carboxylic acids is 1. The van der Waals surface area contributed by atoms with Gasteiger partial charge in [0.15, 0.2) is 0 Å². The lowest BCUT2D eigenvalue weighted by Crippen LogP contribution is -2.46. The smallest absolute Gasteiger partial charge is 0.227 e. The molecule has 1 aromatic rings. The van der Waals surface area contributed by atoms with Crippen LogP contribution in [0.2, 0.25) is 0 Å². The Hall–Kier alpha value is -1.38. The van der Waals surface area contributed by atoms with Gasteiger partial charge in [0, 0.05) is 19.7 Å². The number of hydrogen-bond donors (Lipinski definition) is 0. The van der Waals surface area contributed by atoms with Crippen molar-refractivity contribution in [2.45, 2.75) is 38.5 Å². The van der Waals surface area contributed by atoms with Gasteiger partial charge in [0.05, 0.1) is 11.9 Å². The predicted octanol–water partition coefficient (Wildman–Crippen LogP) is 3.51. The van der Waals surface area contributed by atoms with Gasteiger partial charge in [0.25, 0.3) is 0 Å². The molecular formula is C18H24N2O. The highest BCUT2D eigenvalue weighted by Crippen LogP contribution is 2.57. The van der Waals surface area contributed by atoms with Crippen LogP contribution in [0.25, 0.3) is 0 Å². The molecule has 4 bridgehead atoms. The molecule has 1 amide bonds. The summed E-state index contributed by atoms with van der Waals surface area (Å²) in [6.07, 6.45) is 11.3. The minimum absolute atomic E-state index is 0.264. The van der Waals surface area contributed by atoms with Crippen molar-refractivity contribution in [3.05, 3.63) is 24.5 Å². The molecule has 4 aliphatic rings. The average Bonchev–Trinajstić information content (AvgIpc) is 2.50. The first kappa shape index (κ1) is 13.3. The highest BCUT2D eigenvalue weighted by atomic mass is 16.2. The van der Waals surface area contributed by atoms with E-state index in [9.17, 15) is 4.79 Å². The van der Waals surface area contributed by atoms with Crippen molar-refractivity contribution >= 4 is 11.6 Å². The summed E-state index contributed by atoms with van der Waals surface area (Å²) in [5.74, 6) is 4.52. The lowest BCUT2D eigenvalue weighted by atomic mass is 9.51. The number of rotatable bonds is 3. The molecular weight excluding hydrogens is 260 g/mol. The molecule has 1 heterocycles. The van der Waals surface area contributed by atoms with Crippen molar-refractivity contribution in [1.82, 2.24) is 4.98 Å². The van der Waals surface area contributed by atoms with Gasteiger partial charge in [0.1, 0.15) is 0 Å². The first-order valence-electron chi connectivity index (χ1n) is 8.37. The topological polar surface area (TPSA) is 33.2 Å². The lowest BCUT2D eigenvalue weighted by molar-refractivity contribution is -0.123. The Morgan fingerprint density at radius 1 is 1.19 bits per heavy atom. The van der Waals surface area contributed by atoms with Gasteiger partial charge in [-0.15, -0.1) is 0 Å². The van der Waals surface area contributed by atoms with E-state index in [1.165, 1.54) is 32.1 Å². The predicted molar refractivity (Wildman–Crippen MR) is 82.8 cm³/mol. The van der Waals surface area contributed by atoms with E-state index in [-0.39, 0.29) is 5.91 Å². The van der Waals surface area contributed by atoms with Crippen LogP contribution < -0.4 is 4.90 Å². The van der Waals surface area contributed by atoms with Gasteiger partial charge in [-0.2, -0.15) is 0 Å². The zero-order valence-electron chi connectivity index (χ0n) is 12.7. The molecule has 3 nitrogen and oxygen atoms in total. The van der Waals surface area contributed by atoms with Crippen molar-refractivity contribution in [3.8, 4) is 0 Å². The molecule has 0 atom stereocenters. The molecule has 21 heavy (non-hydrogen) atoms. The van der Waals surface area contributed by atoms with E-state index in [4.69, 9.17) is 0 Å². The van der Waals surface area contributed by atoms with Gasteiger partial charge in [-0.05, 0) is 73.8 Å². The molecule has 0 aliphatic heterocycles. The van der Waals surface area contributed by atoms with Gasteiger partial charge in [-0.1, -0.05) is 0 Å². The minimum atomic E-state index is 0.264. The third kappa shape index (κ3) is 2.37. The summed E-state index contributed by atoms with van der Waals surface area (Å²) >= 11 is 0. The zero-order chi connectivity index (χ0) is 14.4. The van der Waals surface area contributed by atoms with E-state index in [1.807, 2.05) is 19.2 Å². The van der Waals surface area contributed by atoms with Crippen molar-refractivity contribution in [3.63, 3.8) is 0 Å². The van der Waals surface area contributed by atoms with Crippen LogP contribution in [0.1, 0.15) is 38.5 Å². The van der Waals surface area contributed by atoms with Crippen molar-refractivity contribution in [1.29, 1.82) is 0 Å². The van der Waals surface area contributed by atoms with Crippen LogP contribution >= 0.6 is 0 Å². The molecule has 0 aromatic carbocycles. The maximum atomic E-state index is 12.6. The van der Waals surface area contributed by atoms with Crippen molar-refractivity contribution < 1.29 is 4.79 Å². The third-order valence-corrected chi connectivity index (χ3v) is 6.24. The van der Waals surface area contributed by atoms with E-state index >= 15 is 0 Å². The largest absolute Gasteiger partial charge is 0.314 e. The monoisotopic (exact) mass is 284 g/mol. The van der Waals surface area contributed by atoms with Gasteiger partial charge in [-0.25, -0.2) is 0 Å². The normalized spacial score (nSPS) is 36.7. The third-order valence-electron chi connectivity index (χ3n) is 6.24. The zero-order valence-corrected chi connectivity index (χ0v) is 12.7. The van der Waals surface area contributed by atoms with Gasteiger partial charge < -0.3 is 4.90 Å². The quantitative estimate of drug-likeness (QED) is 0.851. The standard InChI is InChI=1S/C18H24N2O/c1-20(16-3-2-4-19-11-16)18(21)10-17-14-6-12-5-13(8-14)9-15(17)7-12/h2-4,11-15,17H,5-10H2,1H3. The van der Waals surface area contributed by atoms with Crippen LogP contribution in [0, 0.1) is 29.6 Å². The Kier molecular flexibility index (Phi) is 3.24. The minimum Gasteiger partial charge on any atom is -0.314 e. The molecule has 0 saturated heterocycles. The average molecular weight is 284 g/mol. The number of nitrogens with zero attached hydrogens (tertiary/aromatic N) is 2. The fourth-order valence-corrected chi connectivity index (χ4v) is 5.41. The Labute approximate surface area is 126 Å². The van der Waals surface area contributed by atoms with Crippen LogP contribution in [-0.4, -0.2) is 17.9 Å². The van der Waals surface area contributed by atoms with E-state index in [2.05, 4.69) is 4.98 Å². The van der Waals surface area contributed by atoms with E-state index in [0.29, 0.717) is 5.92 Å². The molecule has 4 aliphatic carbocycles. The summed E-state index contributed by atoms with van der Waals surface area (Å²) in [5.41, 5.74) is 0.909. The highest BCUT2D eigenvalue weighted by molar-refractivity contribution is 5.92. The Morgan fingerprint density at radius 2 is 1.86 bits per heavy atom. The first-order chi connectivity index (χ1) is 10.2. The van der Waals surface area contributed by atoms with Crippen molar-refractivity contribution in [2.24, 2.45) is 29.6 Å². The molecule has 4 saturated carbocycles. The molecule has 3 heteroatoms. The number of carbonyl (C=O) groups is 1. The van der Waals surface area contributed by atoms with E-state index in [0.717, 1.165) is 35.8 Å². The maximum Gasteiger partial charge on any atom is 0.227 e. The second-order valence-electron chi connectivity index (χ2n) is 7.46. The molecule has 0 spiro atoms. The van der Waals surface area contributed by atoms with Crippen LogP contribution in [0.5, 0.6) is 0 Å². The van der Waals surface area contributed by atoms with Gasteiger partial charge >= 0.3 is 0 Å². The van der Waals surface area contributed by atoms with Gasteiger partial charge in [0.2, 0.25) is 5.91 Å². The Bertz CT molecular complexity index is 499. The summed E-state index contributed by atoms with van der Waals surface area (Å²) in [7, 11) is 1.88. The molecule has 0 N–H and O–H groups in total. The molecule has 4 fully saturated rings. The van der Waals surface area contributed by atoms with Crippen LogP contribution in [0.15, 0.2) is 24.5 Å². The first-order valence-corrected chi connectivity index (χ1v) is 8.37. The number of amides is 1. The van der Waals surface area contributed by atoms with Gasteiger partial charge in [-0.3, -0.25) is 9.78 Å². The number of aromatic nitrogens is 1. The SMILES string of the molecule is CN(C(=O)CC1C2CC3CC(C2)CC1C3)c1cccnc1. The van der Waals surface area contributed by atoms with Crippen LogP contribution in [0.3, 0.4) is 0 Å². The summed E-state index contributed by atoms with van der Waals surface area (Å²) < 4.78 is 0. The molecule has 0 radical (unpaired) electrons. The summed E-state index contributed by atoms with van der Waals surface area (Å²) in [4.78, 5) is 18.5. The second kappa shape index (κ2) is 5.11. The van der Waals surface area contributed by atoms with E-state index < -0.39 is 0 Å². The Morgan fingerprint density at radius 3 is 2.43 bits per heavy atom. The Balaban J connectivity index is 1.45. The summed E-state index contributed by atoms with van der Waals surface area (Å²) in [5, 5.41) is 0. The molecule has 112 valence electrons. The number of hydrogen-bond acceptors (Lipinski definition) is 2. The molecule has 5 rings (SSSR count). The van der Waals surface area contributed by atoms with E-state index in [1.54, 1.807) is 17.3 Å². The highest BCUT2D eigenvalue weighted by Gasteiger charge is 2.48. The second-order valence-corrected chi connectivity index (χ2v) is 7.46. The molecule has 1 aromatic heterocycles. The summed E-state index contributed by atoms with van der Waals surface area (Å²) in [6, 6.07) is 3.85. The van der Waals surface area contributed by atoms with Crippen LogP contribution in [-0.2, 0) is 4.79 Å². The van der Waals surface area contributed by atoms with Crippen LogP contribution in [0.4, 0.5) is 5.69 Å². The summed E-state index contributed by atoms with van der Waals surface area (Å²) in [6.45, 7) is 0.